The van der Waals surface area contributed by atoms with Crippen LogP contribution in [-0.2, 0) is 14.6 Å². The van der Waals surface area contributed by atoms with Crippen LogP contribution in [0.1, 0.15) is 39.0 Å². The van der Waals surface area contributed by atoms with Crippen molar-refractivity contribution >= 4 is 15.5 Å². The summed E-state index contributed by atoms with van der Waals surface area (Å²) in [5.41, 5.74) is 8.08. The highest BCUT2D eigenvalue weighted by atomic mass is 32.2. The summed E-state index contributed by atoms with van der Waals surface area (Å²) in [5.74, 6) is 0.0676. The molecule has 1 fully saturated rings. The maximum atomic E-state index is 11.3. The van der Waals surface area contributed by atoms with Crippen molar-refractivity contribution in [3.63, 3.8) is 0 Å². The Morgan fingerprint density at radius 2 is 2.27 bits per heavy atom. The molecule has 1 aliphatic carbocycles. The van der Waals surface area contributed by atoms with Crippen LogP contribution in [0.15, 0.2) is 16.8 Å². The molecule has 0 aromatic carbocycles. The Morgan fingerprint density at radius 3 is 3.00 bits per heavy atom. The van der Waals surface area contributed by atoms with Crippen molar-refractivity contribution in [3.05, 3.63) is 11.8 Å². The number of hydrogen-bond donors (Lipinski definition) is 2. The molecule has 3 N–H and O–H groups in total. The van der Waals surface area contributed by atoms with Gasteiger partial charge in [-0.3, -0.25) is 9.89 Å². The molecular formula is C18H32N4O3S. The van der Waals surface area contributed by atoms with Gasteiger partial charge in [0.25, 0.3) is 0 Å². The third-order valence-corrected chi connectivity index (χ3v) is 6.64. The van der Waals surface area contributed by atoms with Crippen molar-refractivity contribution in [1.82, 2.24) is 10.2 Å². The van der Waals surface area contributed by atoms with Gasteiger partial charge in [0.05, 0.1) is 35.9 Å². The molecule has 1 saturated heterocycles. The third kappa shape index (κ3) is 3.83. The van der Waals surface area contributed by atoms with Gasteiger partial charge in [-0.1, -0.05) is 19.4 Å². The molecule has 2 aliphatic heterocycles. The van der Waals surface area contributed by atoms with Crippen LogP contribution in [0.5, 0.6) is 0 Å². The van der Waals surface area contributed by atoms with Gasteiger partial charge in [-0.15, -0.1) is 0 Å². The SMILES string of the molecule is CCCC1N=C2C(N)=CCC3NCCCC23N1CCOCCS(C)(=O)=O. The molecular weight excluding hydrogens is 352 g/mol. The van der Waals surface area contributed by atoms with E-state index in [1.807, 2.05) is 0 Å². The molecule has 3 unspecified atom stereocenters. The molecule has 26 heavy (non-hydrogen) atoms. The Hall–Kier alpha value is -0.960. The lowest BCUT2D eigenvalue weighted by Crippen LogP contribution is -2.68. The summed E-state index contributed by atoms with van der Waals surface area (Å²) >= 11 is 0. The monoisotopic (exact) mass is 384 g/mol. The zero-order valence-corrected chi connectivity index (χ0v) is 16.7. The fraction of sp³-hybridized carbons (Fsp3) is 0.833. The van der Waals surface area contributed by atoms with E-state index in [0.29, 0.717) is 12.6 Å². The van der Waals surface area contributed by atoms with Crippen LogP contribution >= 0.6 is 0 Å². The van der Waals surface area contributed by atoms with Crippen LogP contribution in [0.2, 0.25) is 0 Å². The van der Waals surface area contributed by atoms with Gasteiger partial charge in [-0.2, -0.15) is 0 Å². The topological polar surface area (TPSA) is 97.0 Å². The molecule has 148 valence electrons. The lowest BCUT2D eigenvalue weighted by atomic mass is 9.72. The average molecular weight is 385 g/mol. The molecule has 7 nitrogen and oxygen atoms in total. The van der Waals surface area contributed by atoms with Gasteiger partial charge in [-0.05, 0) is 32.2 Å². The molecule has 0 saturated carbocycles. The molecule has 0 amide bonds. The fourth-order valence-electron chi connectivity index (χ4n) is 4.58. The lowest BCUT2D eigenvalue weighted by molar-refractivity contribution is 0.0257. The van der Waals surface area contributed by atoms with Crippen LogP contribution in [0.4, 0.5) is 0 Å². The van der Waals surface area contributed by atoms with Gasteiger partial charge in [0.1, 0.15) is 16.0 Å². The van der Waals surface area contributed by atoms with E-state index in [1.165, 1.54) is 6.26 Å². The minimum atomic E-state index is -2.98. The van der Waals surface area contributed by atoms with Gasteiger partial charge < -0.3 is 15.8 Å². The quantitative estimate of drug-likeness (QED) is 0.597. The smallest absolute Gasteiger partial charge is 0.149 e. The number of nitrogens with one attached hydrogen (secondary N) is 1. The van der Waals surface area contributed by atoms with Gasteiger partial charge in [0.2, 0.25) is 0 Å². The summed E-state index contributed by atoms with van der Waals surface area (Å²) in [6, 6.07) is 0.333. The zero-order chi connectivity index (χ0) is 18.8. The van der Waals surface area contributed by atoms with Crippen LogP contribution in [0.25, 0.3) is 0 Å². The Balaban J connectivity index is 1.74. The molecule has 8 heteroatoms. The number of sulfone groups is 1. The molecule has 3 atom stereocenters. The predicted octanol–water partition coefficient (Wildman–Crippen LogP) is 0.668. The largest absolute Gasteiger partial charge is 0.397 e. The van der Waals surface area contributed by atoms with Crippen LogP contribution in [0.3, 0.4) is 0 Å². The number of aliphatic imine (C=N–C) groups is 1. The Morgan fingerprint density at radius 1 is 1.46 bits per heavy atom. The molecule has 0 bridgehead atoms. The number of piperidine rings is 1. The number of nitrogens with zero attached hydrogens (tertiary/aromatic N) is 2. The van der Waals surface area contributed by atoms with Crippen LogP contribution < -0.4 is 11.1 Å². The van der Waals surface area contributed by atoms with Crippen molar-refractivity contribution in [3.8, 4) is 0 Å². The van der Waals surface area contributed by atoms with Crippen LogP contribution in [-0.4, -0.2) is 75.1 Å². The molecule has 1 spiro atoms. The van der Waals surface area contributed by atoms with Gasteiger partial charge in [0, 0.05) is 18.8 Å². The Labute approximate surface area is 157 Å². The van der Waals surface area contributed by atoms with E-state index in [2.05, 4.69) is 23.2 Å². The summed E-state index contributed by atoms with van der Waals surface area (Å²) in [6.07, 6.45) is 8.61. The van der Waals surface area contributed by atoms with E-state index in [4.69, 9.17) is 15.5 Å². The van der Waals surface area contributed by atoms with E-state index >= 15 is 0 Å². The first-order valence-electron chi connectivity index (χ1n) is 9.68. The van der Waals surface area contributed by atoms with E-state index < -0.39 is 9.84 Å². The number of hydrogen-bond acceptors (Lipinski definition) is 7. The highest BCUT2D eigenvalue weighted by molar-refractivity contribution is 7.90. The molecule has 0 radical (unpaired) electrons. The normalized spacial score (nSPS) is 31.9. The highest BCUT2D eigenvalue weighted by Gasteiger charge is 2.56. The Bertz CT molecular complexity index is 676. The Kier molecular flexibility index (Phi) is 6.06. The van der Waals surface area contributed by atoms with Crippen molar-refractivity contribution in [2.24, 2.45) is 10.7 Å². The lowest BCUT2D eigenvalue weighted by Gasteiger charge is -2.51. The maximum absolute atomic E-state index is 11.3. The summed E-state index contributed by atoms with van der Waals surface area (Å²) in [4.78, 5) is 7.51. The minimum Gasteiger partial charge on any atom is -0.397 e. The first kappa shape index (κ1) is 19.8. The zero-order valence-electron chi connectivity index (χ0n) is 15.9. The van der Waals surface area contributed by atoms with Gasteiger partial charge >= 0.3 is 0 Å². The molecule has 0 aromatic heterocycles. The highest BCUT2D eigenvalue weighted by Crippen LogP contribution is 2.43. The van der Waals surface area contributed by atoms with Crippen molar-refractivity contribution in [1.29, 1.82) is 0 Å². The maximum Gasteiger partial charge on any atom is 0.149 e. The number of ether oxygens (including phenoxy) is 1. The third-order valence-electron chi connectivity index (χ3n) is 5.73. The van der Waals surface area contributed by atoms with Crippen LogP contribution in [0, 0.1) is 0 Å². The van der Waals surface area contributed by atoms with Crippen molar-refractivity contribution in [2.75, 3.05) is 38.3 Å². The number of rotatable bonds is 8. The summed E-state index contributed by atoms with van der Waals surface area (Å²) in [7, 11) is -2.98. The number of nitrogens with two attached hydrogens (primary N) is 1. The summed E-state index contributed by atoms with van der Waals surface area (Å²) < 4.78 is 28.2. The second-order valence-corrected chi connectivity index (χ2v) is 9.87. The van der Waals surface area contributed by atoms with E-state index in [0.717, 1.165) is 56.6 Å². The van der Waals surface area contributed by atoms with E-state index in [-0.39, 0.29) is 24.1 Å². The minimum absolute atomic E-state index is 0.0676. The molecule has 0 aromatic rings. The van der Waals surface area contributed by atoms with Gasteiger partial charge in [-0.25, -0.2) is 8.42 Å². The molecule has 2 heterocycles. The first-order chi connectivity index (χ1) is 12.4. The van der Waals surface area contributed by atoms with Crippen molar-refractivity contribution in [2.45, 2.75) is 56.8 Å². The second kappa shape index (κ2) is 7.96. The predicted molar refractivity (Wildman–Crippen MR) is 104 cm³/mol. The standard InChI is InChI=1S/C18H32N4O3S/c1-3-5-16-21-17-14(19)6-7-15-18(17,8-4-9-20-15)22(16)10-11-25-12-13-26(2,23)24/h6,15-16,20H,3-5,7-13,19H2,1-2H3. The average Bonchev–Trinajstić information content (AvgIpc) is 2.89. The second-order valence-electron chi connectivity index (χ2n) is 7.61. The van der Waals surface area contributed by atoms with E-state index in [9.17, 15) is 8.42 Å². The molecule has 3 aliphatic rings. The van der Waals surface area contributed by atoms with Gasteiger partial charge in [0.15, 0.2) is 0 Å². The first-order valence-corrected chi connectivity index (χ1v) is 11.7. The van der Waals surface area contributed by atoms with E-state index in [1.54, 1.807) is 0 Å². The summed E-state index contributed by atoms with van der Waals surface area (Å²) in [6.45, 7) is 4.71. The fourth-order valence-corrected chi connectivity index (χ4v) is 5.00. The molecule has 3 rings (SSSR count). The van der Waals surface area contributed by atoms with Crippen molar-refractivity contribution < 1.29 is 13.2 Å². The summed E-state index contributed by atoms with van der Waals surface area (Å²) in [5, 5.41) is 3.68.